The topological polar surface area (TPSA) is 78.7 Å². The molecule has 2 aromatic heterocycles. The molecule has 1 N–H and O–H groups in total. The summed E-state index contributed by atoms with van der Waals surface area (Å²) >= 11 is 9.04. The summed E-state index contributed by atoms with van der Waals surface area (Å²) in [6.07, 6.45) is 4.57. The van der Waals surface area contributed by atoms with Gasteiger partial charge in [-0.25, -0.2) is 9.97 Å². The number of thioether (sulfide) groups is 1. The molecule has 5 nitrogen and oxygen atoms in total. The molecule has 0 atom stereocenters. The number of fused-ring (bicyclic) bond motifs is 1. The largest absolute Gasteiger partial charge is 0.302 e. The summed E-state index contributed by atoms with van der Waals surface area (Å²) in [6.45, 7) is 0. The van der Waals surface area contributed by atoms with Gasteiger partial charge in [-0.3, -0.25) is 4.79 Å². The van der Waals surface area contributed by atoms with Crippen molar-refractivity contribution in [1.82, 2.24) is 9.97 Å². The number of nitrogens with zero attached hydrogens (tertiary/aromatic N) is 3. The molecule has 1 aliphatic rings. The summed E-state index contributed by atoms with van der Waals surface area (Å²) in [5.74, 6) is 0.439. The van der Waals surface area contributed by atoms with Gasteiger partial charge in [-0.15, -0.1) is 23.1 Å². The van der Waals surface area contributed by atoms with Crippen LogP contribution in [0.15, 0.2) is 40.7 Å². The number of halogens is 1. The zero-order valence-electron chi connectivity index (χ0n) is 16.2. The molecule has 1 amide bonds. The van der Waals surface area contributed by atoms with Crippen molar-refractivity contribution in [3.05, 3.63) is 57.6 Å². The summed E-state index contributed by atoms with van der Waals surface area (Å²) in [7, 11) is 0. The van der Waals surface area contributed by atoms with Gasteiger partial charge in [0.05, 0.1) is 11.3 Å². The number of anilines is 1. The van der Waals surface area contributed by atoms with Gasteiger partial charge in [0.2, 0.25) is 5.91 Å². The first-order valence-electron chi connectivity index (χ1n) is 9.70. The second-order valence-electron chi connectivity index (χ2n) is 6.93. The van der Waals surface area contributed by atoms with Gasteiger partial charge in [0.25, 0.3) is 0 Å². The van der Waals surface area contributed by atoms with E-state index in [0.29, 0.717) is 27.9 Å². The van der Waals surface area contributed by atoms with Gasteiger partial charge in [0.1, 0.15) is 11.1 Å². The number of carbonyl (C=O) groups excluding carboxylic acids is 1. The predicted octanol–water partition coefficient (Wildman–Crippen LogP) is 5.73. The molecule has 2 heterocycles. The van der Waals surface area contributed by atoms with Gasteiger partial charge in [-0.05, 0) is 43.4 Å². The Kier molecular flexibility index (Phi) is 6.68. The van der Waals surface area contributed by atoms with Gasteiger partial charge in [0.15, 0.2) is 5.13 Å². The van der Waals surface area contributed by atoms with Crippen LogP contribution in [-0.2, 0) is 17.6 Å². The quantitative estimate of drug-likeness (QED) is 0.481. The van der Waals surface area contributed by atoms with Crippen LogP contribution in [0.2, 0.25) is 5.02 Å². The smallest absolute Gasteiger partial charge is 0.226 e. The second-order valence-corrected chi connectivity index (χ2v) is 9.28. The third-order valence-electron chi connectivity index (χ3n) is 4.85. The van der Waals surface area contributed by atoms with Crippen LogP contribution in [0.5, 0.6) is 0 Å². The van der Waals surface area contributed by atoms with E-state index < -0.39 is 0 Å². The van der Waals surface area contributed by atoms with Crippen LogP contribution in [0.1, 0.15) is 36.1 Å². The number of aryl methyl sites for hydroxylation is 2. The number of thiazole rings is 1. The van der Waals surface area contributed by atoms with Crippen molar-refractivity contribution >= 4 is 45.7 Å². The van der Waals surface area contributed by atoms with Crippen molar-refractivity contribution in [2.45, 2.75) is 37.1 Å². The Morgan fingerprint density at radius 3 is 2.93 bits per heavy atom. The first-order chi connectivity index (χ1) is 14.6. The summed E-state index contributed by atoms with van der Waals surface area (Å²) in [5.41, 5.74) is 4.48. The van der Waals surface area contributed by atoms with Crippen molar-refractivity contribution in [3.8, 4) is 17.3 Å². The fraction of sp³-hybridized carbons (Fsp3) is 0.273. The maximum Gasteiger partial charge on any atom is 0.226 e. The molecule has 0 radical (unpaired) electrons. The number of hydrogen-bond acceptors (Lipinski definition) is 6. The second kappa shape index (κ2) is 9.61. The molecule has 0 aliphatic heterocycles. The number of nitrogens with one attached hydrogen (secondary N) is 1. The Morgan fingerprint density at radius 1 is 1.27 bits per heavy atom. The highest BCUT2D eigenvalue weighted by Gasteiger charge is 2.16. The lowest BCUT2D eigenvalue weighted by atomic mass is 9.95. The lowest BCUT2D eigenvalue weighted by molar-refractivity contribution is -0.115. The van der Waals surface area contributed by atoms with Crippen LogP contribution in [-0.4, -0.2) is 21.6 Å². The number of aromatic nitrogens is 2. The van der Waals surface area contributed by atoms with Gasteiger partial charge in [-0.2, -0.15) is 5.26 Å². The van der Waals surface area contributed by atoms with Crippen molar-refractivity contribution < 1.29 is 4.79 Å². The maximum absolute atomic E-state index is 12.3. The van der Waals surface area contributed by atoms with Crippen LogP contribution >= 0.6 is 34.7 Å². The zero-order valence-corrected chi connectivity index (χ0v) is 18.5. The number of amides is 1. The van der Waals surface area contributed by atoms with Gasteiger partial charge >= 0.3 is 0 Å². The first kappa shape index (κ1) is 20.9. The molecule has 30 heavy (non-hydrogen) atoms. The van der Waals surface area contributed by atoms with E-state index in [-0.39, 0.29) is 5.91 Å². The molecule has 0 unspecified atom stereocenters. The van der Waals surface area contributed by atoms with Crippen molar-refractivity contribution in [2.24, 2.45) is 0 Å². The fourth-order valence-corrected chi connectivity index (χ4v) is 5.23. The normalized spacial score (nSPS) is 12.8. The molecule has 0 bridgehead atoms. The van der Waals surface area contributed by atoms with Crippen molar-refractivity contribution in [3.63, 3.8) is 0 Å². The lowest BCUT2D eigenvalue weighted by Crippen LogP contribution is -2.12. The highest BCUT2D eigenvalue weighted by atomic mass is 35.5. The van der Waals surface area contributed by atoms with E-state index in [1.54, 1.807) is 0 Å². The molecule has 1 aliphatic carbocycles. The number of nitriles is 1. The van der Waals surface area contributed by atoms with Crippen LogP contribution in [0.3, 0.4) is 0 Å². The van der Waals surface area contributed by atoms with E-state index in [2.05, 4.69) is 16.4 Å². The SMILES string of the molecule is N#Cc1cc2c(nc1SCCC(=O)Nc1nc(-c3ccccc3Cl)cs1)CCCC2. The molecule has 0 spiro atoms. The zero-order chi connectivity index (χ0) is 20.9. The Labute approximate surface area is 188 Å². The molecule has 1 aromatic carbocycles. The number of rotatable bonds is 6. The molecule has 0 saturated heterocycles. The van der Waals surface area contributed by atoms with E-state index in [9.17, 15) is 10.1 Å². The predicted molar refractivity (Wildman–Crippen MR) is 122 cm³/mol. The number of pyridine rings is 1. The first-order valence-corrected chi connectivity index (χ1v) is 11.9. The van der Waals surface area contributed by atoms with Gasteiger partial charge in [0, 0.05) is 33.8 Å². The van der Waals surface area contributed by atoms with E-state index in [1.165, 1.54) is 28.7 Å². The average molecular weight is 455 g/mol. The van der Waals surface area contributed by atoms with Crippen LogP contribution in [0.25, 0.3) is 11.3 Å². The molecule has 3 aromatic rings. The van der Waals surface area contributed by atoms with Crippen LogP contribution in [0.4, 0.5) is 5.13 Å². The Hall–Kier alpha value is -2.40. The van der Waals surface area contributed by atoms with Gasteiger partial charge < -0.3 is 5.32 Å². The maximum atomic E-state index is 12.3. The van der Waals surface area contributed by atoms with E-state index in [4.69, 9.17) is 16.6 Å². The minimum Gasteiger partial charge on any atom is -0.302 e. The molecular weight excluding hydrogens is 436 g/mol. The molecule has 0 saturated carbocycles. The van der Waals surface area contributed by atoms with Crippen LogP contribution < -0.4 is 5.32 Å². The number of carbonyl (C=O) groups is 1. The molecule has 4 rings (SSSR count). The highest BCUT2D eigenvalue weighted by Crippen LogP contribution is 2.31. The standard InChI is InChI=1S/C22H19ClN4OS2/c23-17-7-3-2-6-16(17)19-13-30-22(26-19)27-20(28)9-10-29-21-15(12-24)11-14-5-1-4-8-18(14)25-21/h2-3,6-7,11,13H,1,4-5,8-10H2,(H,26,27,28). The summed E-state index contributed by atoms with van der Waals surface area (Å²) < 4.78 is 0. The lowest BCUT2D eigenvalue weighted by Gasteiger charge is -2.16. The Balaban J connectivity index is 1.34. The Morgan fingerprint density at radius 2 is 2.10 bits per heavy atom. The summed E-state index contributed by atoms with van der Waals surface area (Å²) in [6, 6.07) is 11.7. The van der Waals surface area contributed by atoms with Crippen LogP contribution in [0, 0.1) is 11.3 Å². The van der Waals surface area contributed by atoms with Crippen molar-refractivity contribution in [1.29, 1.82) is 5.26 Å². The van der Waals surface area contributed by atoms with Crippen molar-refractivity contribution in [2.75, 3.05) is 11.1 Å². The van der Waals surface area contributed by atoms with E-state index in [0.717, 1.165) is 47.7 Å². The summed E-state index contributed by atoms with van der Waals surface area (Å²) in [4.78, 5) is 21.5. The Bertz CT molecular complexity index is 1120. The molecule has 8 heteroatoms. The van der Waals surface area contributed by atoms with Gasteiger partial charge in [-0.1, -0.05) is 29.8 Å². The minimum atomic E-state index is -0.112. The third kappa shape index (κ3) is 4.84. The molecule has 0 fully saturated rings. The number of hydrogen-bond donors (Lipinski definition) is 1. The summed E-state index contributed by atoms with van der Waals surface area (Å²) in [5, 5.41) is 16.1. The molecule has 152 valence electrons. The molecular formula is C22H19ClN4OS2. The fourth-order valence-electron chi connectivity index (χ4n) is 3.35. The van der Waals surface area contributed by atoms with E-state index >= 15 is 0 Å². The number of benzene rings is 1. The van der Waals surface area contributed by atoms with E-state index in [1.807, 2.05) is 35.7 Å². The third-order valence-corrected chi connectivity index (χ3v) is 6.93. The highest BCUT2D eigenvalue weighted by molar-refractivity contribution is 7.99. The average Bonchev–Trinajstić information content (AvgIpc) is 3.21. The monoisotopic (exact) mass is 454 g/mol. The minimum absolute atomic E-state index is 0.112.